The summed E-state index contributed by atoms with van der Waals surface area (Å²) in [4.78, 5) is 0. The minimum Gasteiger partial charge on any atom is -0.489 e. The Morgan fingerprint density at radius 2 is 2.27 bits per heavy atom. The van der Waals surface area contributed by atoms with Crippen molar-refractivity contribution in [3.8, 4) is 5.75 Å². The molecule has 1 aromatic carbocycles. The van der Waals surface area contributed by atoms with Gasteiger partial charge in [0.05, 0.1) is 0 Å². The van der Waals surface area contributed by atoms with Crippen LogP contribution in [-0.4, -0.2) is 19.2 Å². The molecule has 0 amide bonds. The lowest BCUT2D eigenvalue weighted by molar-refractivity contribution is 0.265. The Balaban J connectivity index is 1.92. The molecule has 0 aromatic heterocycles. The van der Waals surface area contributed by atoms with Crippen LogP contribution >= 0.6 is 0 Å². The van der Waals surface area contributed by atoms with E-state index in [0.717, 1.165) is 25.5 Å². The second-order valence-corrected chi connectivity index (χ2v) is 3.68. The summed E-state index contributed by atoms with van der Waals surface area (Å²) >= 11 is 0. The summed E-state index contributed by atoms with van der Waals surface area (Å²) in [6, 6.07) is 3.63. The molecular formula is C11H13F2NO. The summed E-state index contributed by atoms with van der Waals surface area (Å²) in [6.45, 7) is 1.42. The Bertz CT molecular complexity index is 337. The van der Waals surface area contributed by atoms with Gasteiger partial charge >= 0.3 is 0 Å². The van der Waals surface area contributed by atoms with Gasteiger partial charge in [0.1, 0.15) is 12.4 Å². The van der Waals surface area contributed by atoms with Crippen LogP contribution in [0.3, 0.4) is 0 Å². The van der Waals surface area contributed by atoms with Crippen molar-refractivity contribution in [3.05, 3.63) is 29.8 Å². The summed E-state index contributed by atoms with van der Waals surface area (Å²) in [7, 11) is 0. The third-order valence-electron chi connectivity index (χ3n) is 2.50. The van der Waals surface area contributed by atoms with E-state index < -0.39 is 11.6 Å². The predicted octanol–water partition coefficient (Wildman–Crippen LogP) is 2.10. The van der Waals surface area contributed by atoms with E-state index in [1.54, 1.807) is 0 Å². The van der Waals surface area contributed by atoms with E-state index in [-0.39, 0.29) is 11.8 Å². The number of ether oxygens (including phenoxy) is 1. The maximum atomic E-state index is 13.1. The highest BCUT2D eigenvalue weighted by molar-refractivity contribution is 5.24. The summed E-state index contributed by atoms with van der Waals surface area (Å²) in [5.41, 5.74) is 0. The van der Waals surface area contributed by atoms with Crippen LogP contribution in [0.2, 0.25) is 0 Å². The first-order valence-electron chi connectivity index (χ1n) is 5.07. The van der Waals surface area contributed by atoms with Crippen LogP contribution in [0.5, 0.6) is 5.75 Å². The molecule has 2 rings (SSSR count). The van der Waals surface area contributed by atoms with E-state index >= 15 is 0 Å². The van der Waals surface area contributed by atoms with Gasteiger partial charge in [0.2, 0.25) is 0 Å². The van der Waals surface area contributed by atoms with E-state index in [1.165, 1.54) is 12.1 Å². The summed E-state index contributed by atoms with van der Waals surface area (Å²) < 4.78 is 31.0. The highest BCUT2D eigenvalue weighted by Crippen LogP contribution is 2.18. The van der Waals surface area contributed by atoms with E-state index in [2.05, 4.69) is 5.32 Å². The molecule has 82 valence electrons. The Morgan fingerprint density at radius 1 is 1.40 bits per heavy atom. The first kappa shape index (κ1) is 10.4. The van der Waals surface area contributed by atoms with Gasteiger partial charge in [0.15, 0.2) is 11.6 Å². The maximum absolute atomic E-state index is 13.1. The molecule has 1 fully saturated rings. The molecule has 1 heterocycles. The molecule has 0 spiro atoms. The van der Waals surface area contributed by atoms with Crippen LogP contribution in [0.1, 0.15) is 12.8 Å². The first-order chi connectivity index (χ1) is 7.25. The molecule has 1 unspecified atom stereocenters. The third kappa shape index (κ3) is 2.65. The lowest BCUT2D eigenvalue weighted by atomic mass is 10.2. The molecule has 15 heavy (non-hydrogen) atoms. The van der Waals surface area contributed by atoms with Gasteiger partial charge in [-0.25, -0.2) is 8.78 Å². The molecule has 0 bridgehead atoms. The van der Waals surface area contributed by atoms with Crippen LogP contribution < -0.4 is 10.1 Å². The largest absolute Gasteiger partial charge is 0.489 e. The van der Waals surface area contributed by atoms with E-state index in [1.807, 2.05) is 0 Å². The van der Waals surface area contributed by atoms with Crippen molar-refractivity contribution in [1.29, 1.82) is 0 Å². The molecule has 0 saturated carbocycles. The van der Waals surface area contributed by atoms with Gasteiger partial charge < -0.3 is 10.1 Å². The van der Waals surface area contributed by atoms with Crippen LogP contribution in [0.25, 0.3) is 0 Å². The number of rotatable bonds is 3. The van der Waals surface area contributed by atoms with Gasteiger partial charge in [-0.15, -0.1) is 0 Å². The molecule has 1 aliphatic heterocycles. The average molecular weight is 213 g/mol. The molecule has 1 saturated heterocycles. The van der Waals surface area contributed by atoms with E-state index in [0.29, 0.717) is 6.61 Å². The maximum Gasteiger partial charge on any atom is 0.167 e. The highest BCUT2D eigenvalue weighted by atomic mass is 19.1. The van der Waals surface area contributed by atoms with Gasteiger partial charge in [-0.05, 0) is 31.5 Å². The molecule has 1 aliphatic rings. The van der Waals surface area contributed by atoms with Crippen molar-refractivity contribution in [3.63, 3.8) is 0 Å². The fourth-order valence-corrected chi connectivity index (χ4v) is 1.68. The standard InChI is InChI=1S/C11H13F2NO/c12-8-3-4-11(10(13)6-8)15-7-9-2-1-5-14-9/h3-4,6,9,14H,1-2,5,7H2. The zero-order chi connectivity index (χ0) is 10.7. The van der Waals surface area contributed by atoms with Crippen molar-refractivity contribution >= 4 is 0 Å². The van der Waals surface area contributed by atoms with Crippen molar-refractivity contribution in [1.82, 2.24) is 5.32 Å². The fourth-order valence-electron chi connectivity index (χ4n) is 1.68. The van der Waals surface area contributed by atoms with Crippen LogP contribution in [-0.2, 0) is 0 Å². The molecule has 1 atom stereocenters. The monoisotopic (exact) mass is 213 g/mol. The second kappa shape index (κ2) is 4.57. The first-order valence-corrected chi connectivity index (χ1v) is 5.07. The van der Waals surface area contributed by atoms with Gasteiger partial charge in [-0.3, -0.25) is 0 Å². The minimum atomic E-state index is -0.645. The highest BCUT2D eigenvalue weighted by Gasteiger charge is 2.15. The van der Waals surface area contributed by atoms with Crippen LogP contribution in [0, 0.1) is 11.6 Å². The van der Waals surface area contributed by atoms with E-state index in [9.17, 15) is 8.78 Å². The SMILES string of the molecule is Fc1ccc(OCC2CCCN2)c(F)c1. The van der Waals surface area contributed by atoms with Crippen molar-refractivity contribution in [2.45, 2.75) is 18.9 Å². The lowest BCUT2D eigenvalue weighted by Crippen LogP contribution is -2.28. The number of benzene rings is 1. The molecule has 1 aromatic rings. The topological polar surface area (TPSA) is 21.3 Å². The number of nitrogens with one attached hydrogen (secondary N) is 1. The Labute approximate surface area is 87.2 Å². The molecule has 2 nitrogen and oxygen atoms in total. The number of hydrogen-bond acceptors (Lipinski definition) is 2. The van der Waals surface area contributed by atoms with Crippen LogP contribution in [0.15, 0.2) is 18.2 Å². The van der Waals surface area contributed by atoms with E-state index in [4.69, 9.17) is 4.74 Å². The zero-order valence-electron chi connectivity index (χ0n) is 8.30. The molecule has 4 heteroatoms. The second-order valence-electron chi connectivity index (χ2n) is 3.68. The average Bonchev–Trinajstić information content (AvgIpc) is 2.69. The molecule has 1 N–H and O–H groups in total. The van der Waals surface area contributed by atoms with Gasteiger partial charge in [0.25, 0.3) is 0 Å². The van der Waals surface area contributed by atoms with Crippen molar-refractivity contribution in [2.24, 2.45) is 0 Å². The number of hydrogen-bond donors (Lipinski definition) is 1. The summed E-state index contributed by atoms with van der Waals surface area (Å²) in [5.74, 6) is -1.11. The summed E-state index contributed by atoms with van der Waals surface area (Å²) in [5, 5.41) is 3.24. The third-order valence-corrected chi connectivity index (χ3v) is 2.50. The van der Waals surface area contributed by atoms with Gasteiger partial charge in [-0.2, -0.15) is 0 Å². The Hall–Kier alpha value is -1.16. The fraction of sp³-hybridized carbons (Fsp3) is 0.455. The predicted molar refractivity (Wildman–Crippen MR) is 52.9 cm³/mol. The quantitative estimate of drug-likeness (QED) is 0.830. The normalized spacial score (nSPS) is 20.5. The minimum absolute atomic E-state index is 0.116. The smallest absolute Gasteiger partial charge is 0.167 e. The lowest BCUT2D eigenvalue weighted by Gasteiger charge is -2.12. The Morgan fingerprint density at radius 3 is 2.93 bits per heavy atom. The zero-order valence-corrected chi connectivity index (χ0v) is 8.30. The molecular weight excluding hydrogens is 200 g/mol. The van der Waals surface area contributed by atoms with Gasteiger partial charge in [0, 0.05) is 12.1 Å². The Kier molecular flexibility index (Phi) is 3.16. The van der Waals surface area contributed by atoms with Gasteiger partial charge in [-0.1, -0.05) is 0 Å². The van der Waals surface area contributed by atoms with Crippen molar-refractivity contribution in [2.75, 3.05) is 13.2 Å². The molecule has 0 aliphatic carbocycles. The molecule has 0 radical (unpaired) electrons. The van der Waals surface area contributed by atoms with Crippen LogP contribution in [0.4, 0.5) is 8.78 Å². The van der Waals surface area contributed by atoms with Crippen molar-refractivity contribution < 1.29 is 13.5 Å². The number of halogens is 2. The summed E-state index contributed by atoms with van der Waals surface area (Å²) in [6.07, 6.45) is 2.17.